The first kappa shape index (κ1) is 21.5. The number of carbonyl (C=O) groups is 3. The van der Waals surface area contributed by atoms with Gasteiger partial charge in [-0.15, -0.1) is 0 Å². The van der Waals surface area contributed by atoms with Gasteiger partial charge in [-0.3, -0.25) is 9.59 Å². The number of cyclic esters (lactones) is 1. The Morgan fingerprint density at radius 1 is 1.33 bits per heavy atom. The van der Waals surface area contributed by atoms with E-state index in [0.29, 0.717) is 19.5 Å². The standard InChI is InChI=1S/C19H29NO7/c1-5-13-15(21)11(2)19(3,25)18(24)26-10-12-6-8-20(4)9-7-14(16(12)22)27-17(13)23/h6,11,13-15,21,25H,5,7-10H2,1-4H3/t11-,13?,14+,15+,19-/m0/s1. The third-order valence-corrected chi connectivity index (χ3v) is 5.62. The fraction of sp³-hybridized carbons (Fsp3) is 0.737. The second-order valence-electron chi connectivity index (χ2n) is 7.59. The third kappa shape index (κ3) is 4.56. The number of Topliss-reactive ketones (excluding diaryl/α,β-unsaturated/α-hetero) is 1. The first-order valence-corrected chi connectivity index (χ1v) is 9.29. The number of likely N-dealkylation sites (N-methyl/N-ethyl adjacent to an activating group) is 1. The molecule has 2 aliphatic heterocycles. The average Bonchev–Trinajstić information content (AvgIpc) is 2.62. The Labute approximate surface area is 159 Å². The molecular formula is C19H29NO7. The third-order valence-electron chi connectivity index (χ3n) is 5.62. The zero-order chi connectivity index (χ0) is 20.4. The van der Waals surface area contributed by atoms with Crippen LogP contribution in [0.15, 0.2) is 11.6 Å². The number of hydrogen-bond donors (Lipinski definition) is 2. The molecule has 0 aliphatic carbocycles. The molecule has 2 bridgehead atoms. The van der Waals surface area contributed by atoms with Gasteiger partial charge in [-0.1, -0.05) is 19.9 Å². The second kappa shape index (κ2) is 8.50. The maximum atomic E-state index is 12.8. The molecule has 2 rings (SSSR count). The van der Waals surface area contributed by atoms with Gasteiger partial charge in [-0.25, -0.2) is 4.79 Å². The van der Waals surface area contributed by atoms with Crippen LogP contribution in [-0.4, -0.2) is 77.4 Å². The molecule has 152 valence electrons. The molecule has 0 spiro atoms. The van der Waals surface area contributed by atoms with Crippen LogP contribution in [0.4, 0.5) is 0 Å². The smallest absolute Gasteiger partial charge is 0.338 e. The summed E-state index contributed by atoms with van der Waals surface area (Å²) in [5.41, 5.74) is -1.79. The minimum Gasteiger partial charge on any atom is -0.459 e. The van der Waals surface area contributed by atoms with Gasteiger partial charge in [-0.2, -0.15) is 0 Å². The van der Waals surface area contributed by atoms with Crippen molar-refractivity contribution in [3.63, 3.8) is 0 Å². The zero-order valence-electron chi connectivity index (χ0n) is 16.3. The number of hydrogen-bond acceptors (Lipinski definition) is 8. The molecule has 2 N–H and O–H groups in total. The number of aliphatic hydroxyl groups is 2. The summed E-state index contributed by atoms with van der Waals surface area (Å²) >= 11 is 0. The summed E-state index contributed by atoms with van der Waals surface area (Å²) in [4.78, 5) is 39.8. The fourth-order valence-electron chi connectivity index (χ4n) is 3.31. The first-order chi connectivity index (χ1) is 12.6. The zero-order valence-corrected chi connectivity index (χ0v) is 16.3. The molecule has 0 saturated carbocycles. The molecule has 1 fully saturated rings. The molecule has 0 aromatic carbocycles. The van der Waals surface area contributed by atoms with Crippen LogP contribution in [-0.2, 0) is 23.9 Å². The molecule has 0 aromatic rings. The van der Waals surface area contributed by atoms with Crippen LogP contribution in [0.2, 0.25) is 0 Å². The van der Waals surface area contributed by atoms with Crippen molar-refractivity contribution >= 4 is 17.7 Å². The van der Waals surface area contributed by atoms with Crippen molar-refractivity contribution in [1.82, 2.24) is 4.90 Å². The van der Waals surface area contributed by atoms with Gasteiger partial charge in [0.05, 0.1) is 12.0 Å². The molecular weight excluding hydrogens is 354 g/mol. The van der Waals surface area contributed by atoms with E-state index in [0.717, 1.165) is 0 Å². The summed E-state index contributed by atoms with van der Waals surface area (Å²) in [6.45, 7) is 5.12. The van der Waals surface area contributed by atoms with Crippen LogP contribution in [0.5, 0.6) is 0 Å². The average molecular weight is 383 g/mol. The van der Waals surface area contributed by atoms with Crippen molar-refractivity contribution in [2.24, 2.45) is 11.8 Å². The van der Waals surface area contributed by atoms with Crippen LogP contribution in [0, 0.1) is 11.8 Å². The van der Waals surface area contributed by atoms with Gasteiger partial charge in [0, 0.05) is 31.0 Å². The van der Waals surface area contributed by atoms with Crippen LogP contribution in [0.1, 0.15) is 33.6 Å². The van der Waals surface area contributed by atoms with E-state index in [9.17, 15) is 24.6 Å². The molecule has 2 heterocycles. The van der Waals surface area contributed by atoms with Gasteiger partial charge >= 0.3 is 11.9 Å². The number of ether oxygens (including phenoxy) is 2. The van der Waals surface area contributed by atoms with E-state index >= 15 is 0 Å². The Morgan fingerprint density at radius 2 is 2.00 bits per heavy atom. The van der Waals surface area contributed by atoms with Gasteiger partial charge in [0.25, 0.3) is 0 Å². The lowest BCUT2D eigenvalue weighted by Gasteiger charge is -2.35. The van der Waals surface area contributed by atoms with Crippen LogP contribution in [0.25, 0.3) is 0 Å². The van der Waals surface area contributed by atoms with Gasteiger partial charge in [0.2, 0.25) is 5.78 Å². The van der Waals surface area contributed by atoms with Crippen molar-refractivity contribution in [1.29, 1.82) is 0 Å². The van der Waals surface area contributed by atoms with Crippen LogP contribution in [0.3, 0.4) is 0 Å². The Hall–Kier alpha value is -1.77. The minimum atomic E-state index is -2.02. The first-order valence-electron chi connectivity index (χ1n) is 9.29. The highest BCUT2D eigenvalue weighted by Gasteiger charge is 2.46. The van der Waals surface area contributed by atoms with Gasteiger partial charge in [0.1, 0.15) is 6.61 Å². The van der Waals surface area contributed by atoms with E-state index < -0.39 is 47.4 Å². The molecule has 0 aromatic heterocycles. The SMILES string of the molecule is CCC1C(=O)O[C@@H]2CCN(C)CC=C(COC(=O)[C@@](C)(O)[C@@H](C)[C@H]1O)C2=O. The lowest BCUT2D eigenvalue weighted by molar-refractivity contribution is -0.181. The predicted molar refractivity (Wildman–Crippen MR) is 95.6 cm³/mol. The second-order valence-corrected chi connectivity index (χ2v) is 7.59. The summed E-state index contributed by atoms with van der Waals surface area (Å²) in [5.74, 6) is -4.01. The maximum absolute atomic E-state index is 12.8. The number of ketones is 1. The fourth-order valence-corrected chi connectivity index (χ4v) is 3.31. The Bertz CT molecular complexity index is 628. The van der Waals surface area contributed by atoms with Gasteiger partial charge in [0.15, 0.2) is 11.7 Å². The lowest BCUT2D eigenvalue weighted by Crippen LogP contribution is -2.52. The largest absolute Gasteiger partial charge is 0.459 e. The molecule has 0 amide bonds. The Kier molecular flexibility index (Phi) is 6.77. The lowest BCUT2D eigenvalue weighted by atomic mass is 9.79. The van der Waals surface area contributed by atoms with Crippen molar-refractivity contribution < 1.29 is 34.1 Å². The predicted octanol–water partition coefficient (Wildman–Crippen LogP) is 0.0602. The molecule has 8 heteroatoms. The van der Waals surface area contributed by atoms with E-state index in [1.807, 2.05) is 11.9 Å². The van der Waals surface area contributed by atoms with Crippen molar-refractivity contribution in [2.75, 3.05) is 26.7 Å². The maximum Gasteiger partial charge on any atom is 0.338 e. The number of rotatable bonds is 1. The number of carbonyl (C=O) groups excluding carboxylic acids is 3. The minimum absolute atomic E-state index is 0.227. The van der Waals surface area contributed by atoms with E-state index in [-0.39, 0.29) is 18.6 Å². The highest BCUT2D eigenvalue weighted by molar-refractivity contribution is 6.00. The number of nitrogens with zero attached hydrogens (tertiary/aromatic N) is 1. The summed E-state index contributed by atoms with van der Waals surface area (Å²) in [6, 6.07) is 0. The van der Waals surface area contributed by atoms with E-state index in [1.165, 1.54) is 13.8 Å². The summed E-state index contributed by atoms with van der Waals surface area (Å²) in [7, 11) is 1.86. The molecule has 8 nitrogen and oxygen atoms in total. The Morgan fingerprint density at radius 3 is 2.63 bits per heavy atom. The van der Waals surface area contributed by atoms with Crippen LogP contribution < -0.4 is 0 Å². The van der Waals surface area contributed by atoms with Crippen molar-refractivity contribution in [2.45, 2.75) is 51.4 Å². The summed E-state index contributed by atoms with van der Waals surface area (Å²) in [6.07, 6.45) is -0.135. The summed E-state index contributed by atoms with van der Waals surface area (Å²) < 4.78 is 10.7. The highest BCUT2D eigenvalue weighted by Crippen LogP contribution is 2.30. The van der Waals surface area contributed by atoms with Gasteiger partial charge in [-0.05, 0) is 20.4 Å². The quantitative estimate of drug-likeness (QED) is 0.611. The number of aliphatic hydroxyl groups excluding tert-OH is 1. The topological polar surface area (TPSA) is 113 Å². The molecule has 5 atom stereocenters. The molecule has 1 saturated heterocycles. The van der Waals surface area contributed by atoms with Crippen LogP contribution >= 0.6 is 0 Å². The highest BCUT2D eigenvalue weighted by atomic mass is 16.6. The Balaban J connectivity index is 2.45. The van der Waals surface area contributed by atoms with E-state index in [1.54, 1.807) is 13.0 Å². The van der Waals surface area contributed by atoms with Gasteiger partial charge < -0.3 is 24.6 Å². The number of fused-ring (bicyclic) bond motifs is 2. The normalized spacial score (nSPS) is 37.1. The molecule has 2 aliphatic rings. The van der Waals surface area contributed by atoms with E-state index in [4.69, 9.17) is 9.47 Å². The number of esters is 2. The molecule has 27 heavy (non-hydrogen) atoms. The molecule has 1 unspecified atom stereocenters. The molecule has 0 radical (unpaired) electrons. The van der Waals surface area contributed by atoms with Crippen molar-refractivity contribution in [3.8, 4) is 0 Å². The monoisotopic (exact) mass is 383 g/mol. The van der Waals surface area contributed by atoms with E-state index in [2.05, 4.69) is 0 Å². The van der Waals surface area contributed by atoms with Crippen molar-refractivity contribution in [3.05, 3.63) is 11.6 Å². The summed E-state index contributed by atoms with van der Waals surface area (Å²) in [5, 5.41) is 21.2.